The quantitative estimate of drug-likeness (QED) is 0.869. The highest BCUT2D eigenvalue weighted by Crippen LogP contribution is 2.16. The van der Waals surface area contributed by atoms with E-state index < -0.39 is 20.9 Å². The van der Waals surface area contributed by atoms with Crippen LogP contribution < -0.4 is 5.73 Å². The van der Waals surface area contributed by atoms with Gasteiger partial charge >= 0.3 is 0 Å². The van der Waals surface area contributed by atoms with Crippen LogP contribution in [0, 0.1) is 17.1 Å². The summed E-state index contributed by atoms with van der Waals surface area (Å²) < 4.78 is 36.6. The third kappa shape index (κ3) is 3.25. The second kappa shape index (κ2) is 5.25. The van der Waals surface area contributed by atoms with E-state index in [1.54, 1.807) is 0 Å². The van der Waals surface area contributed by atoms with Crippen molar-refractivity contribution < 1.29 is 12.8 Å². The lowest BCUT2D eigenvalue weighted by atomic mass is 10.1. The minimum Gasteiger partial charge on any atom is -0.329 e. The van der Waals surface area contributed by atoms with Crippen molar-refractivity contribution in [1.29, 1.82) is 5.26 Å². The van der Waals surface area contributed by atoms with Crippen LogP contribution in [0.25, 0.3) is 0 Å². The van der Waals surface area contributed by atoms with Crippen LogP contribution in [-0.4, -0.2) is 20.2 Å². The monoisotopic (exact) mass is 256 g/mol. The van der Waals surface area contributed by atoms with E-state index >= 15 is 0 Å². The predicted molar refractivity (Wildman–Crippen MR) is 62.3 cm³/mol. The maximum atomic E-state index is 13.0. The number of benzene rings is 1. The van der Waals surface area contributed by atoms with Gasteiger partial charge in [0.05, 0.1) is 22.6 Å². The van der Waals surface area contributed by atoms with Crippen molar-refractivity contribution in [2.75, 3.05) is 6.54 Å². The fraction of sp³-hybridized carbons (Fsp3) is 0.364. The SMILES string of the molecule is CC(CN)S(=O)(=O)Cc1cc(F)ccc1C#N. The number of nitrogens with zero attached hydrogens (tertiary/aromatic N) is 1. The molecule has 0 fully saturated rings. The van der Waals surface area contributed by atoms with Crippen LogP contribution in [0.15, 0.2) is 18.2 Å². The molecule has 0 saturated heterocycles. The molecule has 0 bridgehead atoms. The second-order valence-electron chi connectivity index (χ2n) is 3.77. The molecule has 6 heteroatoms. The molecule has 17 heavy (non-hydrogen) atoms. The summed E-state index contributed by atoms with van der Waals surface area (Å²) in [6.45, 7) is 1.49. The molecule has 1 aromatic rings. The van der Waals surface area contributed by atoms with Gasteiger partial charge in [-0.1, -0.05) is 0 Å². The average molecular weight is 256 g/mol. The molecule has 0 saturated carbocycles. The minimum atomic E-state index is -3.46. The number of rotatable bonds is 4. The highest BCUT2D eigenvalue weighted by Gasteiger charge is 2.21. The van der Waals surface area contributed by atoms with Crippen molar-refractivity contribution >= 4 is 9.84 Å². The van der Waals surface area contributed by atoms with E-state index in [1.807, 2.05) is 6.07 Å². The molecule has 92 valence electrons. The minimum absolute atomic E-state index is 0.000460. The number of halogens is 1. The maximum Gasteiger partial charge on any atom is 0.158 e. The highest BCUT2D eigenvalue weighted by molar-refractivity contribution is 7.91. The van der Waals surface area contributed by atoms with Crippen molar-refractivity contribution in [3.8, 4) is 6.07 Å². The molecule has 0 heterocycles. The summed E-state index contributed by atoms with van der Waals surface area (Å²) in [5.41, 5.74) is 5.63. The number of hydrogen-bond acceptors (Lipinski definition) is 4. The number of hydrogen-bond donors (Lipinski definition) is 1. The molecule has 4 nitrogen and oxygen atoms in total. The molecule has 1 unspecified atom stereocenters. The van der Waals surface area contributed by atoms with E-state index in [9.17, 15) is 12.8 Å². The number of sulfone groups is 1. The van der Waals surface area contributed by atoms with Crippen LogP contribution in [0.5, 0.6) is 0 Å². The second-order valence-corrected chi connectivity index (χ2v) is 6.19. The van der Waals surface area contributed by atoms with E-state index in [4.69, 9.17) is 11.0 Å². The van der Waals surface area contributed by atoms with Gasteiger partial charge < -0.3 is 5.73 Å². The molecular formula is C11H13FN2O2S. The molecule has 0 spiro atoms. The van der Waals surface area contributed by atoms with Gasteiger partial charge in [-0.3, -0.25) is 0 Å². The van der Waals surface area contributed by atoms with Crippen molar-refractivity contribution in [2.45, 2.75) is 17.9 Å². The lowest BCUT2D eigenvalue weighted by molar-refractivity contribution is 0.582. The van der Waals surface area contributed by atoms with Crippen LogP contribution in [0.4, 0.5) is 4.39 Å². The Hall–Kier alpha value is -1.45. The molecule has 2 N–H and O–H groups in total. The van der Waals surface area contributed by atoms with Gasteiger partial charge in [-0.05, 0) is 30.7 Å². The van der Waals surface area contributed by atoms with Crippen LogP contribution in [0.3, 0.4) is 0 Å². The van der Waals surface area contributed by atoms with Gasteiger partial charge in [-0.25, -0.2) is 12.8 Å². The Bertz CT molecular complexity index is 549. The third-order valence-electron chi connectivity index (χ3n) is 2.49. The summed E-state index contributed by atoms with van der Waals surface area (Å²) in [6.07, 6.45) is 0. The number of nitriles is 1. The fourth-order valence-electron chi connectivity index (χ4n) is 1.30. The van der Waals surface area contributed by atoms with Gasteiger partial charge in [-0.2, -0.15) is 5.26 Å². The zero-order valence-electron chi connectivity index (χ0n) is 9.35. The zero-order chi connectivity index (χ0) is 13.1. The Labute approximate surface area is 99.8 Å². The Kier molecular flexibility index (Phi) is 4.21. The largest absolute Gasteiger partial charge is 0.329 e. The third-order valence-corrected chi connectivity index (χ3v) is 4.62. The lowest BCUT2D eigenvalue weighted by Crippen LogP contribution is -2.28. The molecule has 0 amide bonds. The molecule has 0 aliphatic carbocycles. The van der Waals surface area contributed by atoms with Gasteiger partial charge in [0.25, 0.3) is 0 Å². The number of nitrogens with two attached hydrogens (primary N) is 1. The van der Waals surface area contributed by atoms with Crippen LogP contribution in [-0.2, 0) is 15.6 Å². The van der Waals surface area contributed by atoms with Gasteiger partial charge in [0.15, 0.2) is 9.84 Å². The van der Waals surface area contributed by atoms with Crippen molar-refractivity contribution in [3.63, 3.8) is 0 Å². The molecular weight excluding hydrogens is 243 g/mol. The van der Waals surface area contributed by atoms with Crippen LogP contribution in [0.2, 0.25) is 0 Å². The molecule has 1 rings (SSSR count). The molecule has 0 aliphatic heterocycles. The smallest absolute Gasteiger partial charge is 0.158 e. The summed E-state index contributed by atoms with van der Waals surface area (Å²) >= 11 is 0. The van der Waals surface area contributed by atoms with Crippen LogP contribution >= 0.6 is 0 Å². The standard InChI is InChI=1S/C11H13FN2O2S/c1-8(5-13)17(15,16)7-10-4-11(12)3-2-9(10)6-14/h2-4,8H,5,7,13H2,1H3. The zero-order valence-corrected chi connectivity index (χ0v) is 10.2. The molecule has 1 atom stereocenters. The summed E-state index contributed by atoms with van der Waals surface area (Å²) in [4.78, 5) is 0. The van der Waals surface area contributed by atoms with E-state index in [1.165, 1.54) is 13.0 Å². The Morgan fingerprint density at radius 3 is 2.71 bits per heavy atom. The molecule has 0 aliphatic rings. The normalized spacial score (nSPS) is 13.1. The topological polar surface area (TPSA) is 84.0 Å². The van der Waals surface area contributed by atoms with Crippen molar-refractivity contribution in [1.82, 2.24) is 0 Å². The summed E-state index contributed by atoms with van der Waals surface area (Å²) in [5, 5.41) is 8.10. The molecule has 0 radical (unpaired) electrons. The van der Waals surface area contributed by atoms with E-state index in [0.717, 1.165) is 12.1 Å². The first-order valence-electron chi connectivity index (χ1n) is 5.01. The summed E-state index contributed by atoms with van der Waals surface area (Å²) in [7, 11) is -3.46. The first kappa shape index (κ1) is 13.6. The highest BCUT2D eigenvalue weighted by atomic mass is 32.2. The Morgan fingerprint density at radius 2 is 2.18 bits per heavy atom. The van der Waals surface area contributed by atoms with E-state index in [-0.39, 0.29) is 23.4 Å². The van der Waals surface area contributed by atoms with Crippen LogP contribution in [0.1, 0.15) is 18.1 Å². The molecule has 0 aromatic heterocycles. The Morgan fingerprint density at radius 1 is 1.53 bits per heavy atom. The lowest BCUT2D eigenvalue weighted by Gasteiger charge is -2.11. The Balaban J connectivity index is 3.12. The van der Waals surface area contributed by atoms with E-state index in [2.05, 4.69) is 0 Å². The van der Waals surface area contributed by atoms with E-state index in [0.29, 0.717) is 0 Å². The maximum absolute atomic E-state index is 13.0. The average Bonchev–Trinajstić information content (AvgIpc) is 2.27. The summed E-state index contributed by atoms with van der Waals surface area (Å²) in [5.74, 6) is -0.930. The van der Waals surface area contributed by atoms with Gasteiger partial charge in [0.1, 0.15) is 5.82 Å². The first-order valence-corrected chi connectivity index (χ1v) is 6.72. The fourth-order valence-corrected chi connectivity index (χ4v) is 2.55. The van der Waals surface area contributed by atoms with Gasteiger partial charge in [0.2, 0.25) is 0 Å². The predicted octanol–water partition coefficient (Wildman–Crippen LogP) is 0.959. The first-order chi connectivity index (χ1) is 7.90. The van der Waals surface area contributed by atoms with Gasteiger partial charge in [0, 0.05) is 6.54 Å². The van der Waals surface area contributed by atoms with Gasteiger partial charge in [-0.15, -0.1) is 0 Å². The van der Waals surface area contributed by atoms with Crippen molar-refractivity contribution in [3.05, 3.63) is 35.1 Å². The van der Waals surface area contributed by atoms with Crippen molar-refractivity contribution in [2.24, 2.45) is 5.73 Å². The summed E-state index contributed by atoms with van der Waals surface area (Å²) in [6, 6.07) is 5.31. The molecule has 1 aromatic carbocycles.